The lowest BCUT2D eigenvalue weighted by Gasteiger charge is -2.06. The van der Waals surface area contributed by atoms with Crippen LogP contribution in [0.25, 0.3) is 5.65 Å². The van der Waals surface area contributed by atoms with Crippen molar-refractivity contribution in [1.82, 2.24) is 19.7 Å². The molecule has 3 aromatic rings. The molecule has 5 heteroatoms. The van der Waals surface area contributed by atoms with Crippen LogP contribution in [0, 0.1) is 13.8 Å². The molecule has 0 saturated carbocycles. The lowest BCUT2D eigenvalue weighted by molar-refractivity contribution is 0.0944. The largest absolute Gasteiger partial charge is 0.345 e. The Bertz CT molecular complexity index is 793. The molecule has 0 spiro atoms. The molecular weight excluding hydrogens is 264 g/mol. The van der Waals surface area contributed by atoms with Crippen molar-refractivity contribution in [3.8, 4) is 0 Å². The highest BCUT2D eigenvalue weighted by Crippen LogP contribution is 2.13. The molecule has 106 valence electrons. The predicted octanol–water partition coefficient (Wildman–Crippen LogP) is 2.28. The highest BCUT2D eigenvalue weighted by atomic mass is 16.1. The summed E-state index contributed by atoms with van der Waals surface area (Å²) in [6.45, 7) is 4.24. The Balaban J connectivity index is 1.87. The van der Waals surface area contributed by atoms with E-state index in [0.29, 0.717) is 12.2 Å². The minimum absolute atomic E-state index is 0.142. The molecule has 3 aromatic heterocycles. The number of pyridine rings is 2. The molecule has 0 aliphatic carbocycles. The average molecular weight is 280 g/mol. The summed E-state index contributed by atoms with van der Waals surface area (Å²) in [5.41, 5.74) is 3.98. The van der Waals surface area contributed by atoms with Crippen LogP contribution in [0.1, 0.15) is 27.4 Å². The van der Waals surface area contributed by atoms with Gasteiger partial charge in [0.1, 0.15) is 11.3 Å². The second kappa shape index (κ2) is 5.36. The molecule has 0 aliphatic rings. The third-order valence-corrected chi connectivity index (χ3v) is 3.31. The van der Waals surface area contributed by atoms with E-state index in [4.69, 9.17) is 0 Å². The van der Waals surface area contributed by atoms with E-state index in [2.05, 4.69) is 15.3 Å². The first-order valence-corrected chi connectivity index (χ1v) is 6.78. The molecule has 0 unspecified atom stereocenters. The summed E-state index contributed by atoms with van der Waals surface area (Å²) in [7, 11) is 0. The first kappa shape index (κ1) is 13.3. The molecule has 0 atom stereocenters. The molecule has 0 radical (unpaired) electrons. The van der Waals surface area contributed by atoms with Crippen LogP contribution in [0.5, 0.6) is 0 Å². The fourth-order valence-electron chi connectivity index (χ4n) is 2.30. The van der Waals surface area contributed by atoms with Crippen LogP contribution in [0.4, 0.5) is 0 Å². The summed E-state index contributed by atoms with van der Waals surface area (Å²) < 4.78 is 1.83. The number of carbonyl (C=O) groups is 1. The van der Waals surface area contributed by atoms with E-state index in [9.17, 15) is 4.79 Å². The number of aryl methyl sites for hydroxylation is 2. The Morgan fingerprint density at radius 2 is 2.10 bits per heavy atom. The standard InChI is InChI=1S/C16H16N4O/c1-11-6-7-14-19-12(2)15(20(14)10-11)16(21)18-9-13-5-3-4-8-17-13/h3-8,10H,9H2,1-2H3,(H,18,21). The average Bonchev–Trinajstić information content (AvgIpc) is 2.81. The van der Waals surface area contributed by atoms with Gasteiger partial charge in [-0.3, -0.25) is 14.2 Å². The van der Waals surface area contributed by atoms with E-state index in [1.807, 2.05) is 54.8 Å². The first-order valence-electron chi connectivity index (χ1n) is 6.78. The molecule has 3 heterocycles. The Morgan fingerprint density at radius 3 is 2.86 bits per heavy atom. The number of imidazole rings is 1. The summed E-state index contributed by atoms with van der Waals surface area (Å²) in [5.74, 6) is -0.142. The molecule has 0 saturated heterocycles. The number of amides is 1. The Labute approximate surface area is 122 Å². The summed E-state index contributed by atoms with van der Waals surface area (Å²) >= 11 is 0. The number of carbonyl (C=O) groups excluding carboxylic acids is 1. The van der Waals surface area contributed by atoms with Gasteiger partial charge in [0.15, 0.2) is 0 Å². The van der Waals surface area contributed by atoms with E-state index in [0.717, 1.165) is 22.6 Å². The number of hydrogen-bond donors (Lipinski definition) is 1. The van der Waals surface area contributed by atoms with Gasteiger partial charge in [-0.1, -0.05) is 12.1 Å². The minimum atomic E-state index is -0.142. The van der Waals surface area contributed by atoms with Crippen molar-refractivity contribution in [2.75, 3.05) is 0 Å². The van der Waals surface area contributed by atoms with E-state index < -0.39 is 0 Å². The van der Waals surface area contributed by atoms with Crippen molar-refractivity contribution in [2.24, 2.45) is 0 Å². The molecule has 0 aliphatic heterocycles. The second-order valence-electron chi connectivity index (χ2n) is 4.98. The highest BCUT2D eigenvalue weighted by molar-refractivity contribution is 5.94. The van der Waals surface area contributed by atoms with Gasteiger partial charge in [0.05, 0.1) is 17.9 Å². The third-order valence-electron chi connectivity index (χ3n) is 3.31. The van der Waals surface area contributed by atoms with Crippen LogP contribution in [-0.4, -0.2) is 20.3 Å². The van der Waals surface area contributed by atoms with Crippen LogP contribution in [0.3, 0.4) is 0 Å². The Morgan fingerprint density at radius 1 is 1.24 bits per heavy atom. The fraction of sp³-hybridized carbons (Fsp3) is 0.188. The molecular formula is C16H16N4O. The first-order chi connectivity index (χ1) is 10.1. The number of aromatic nitrogens is 3. The van der Waals surface area contributed by atoms with Gasteiger partial charge in [0.25, 0.3) is 5.91 Å². The monoisotopic (exact) mass is 280 g/mol. The Hall–Kier alpha value is -2.69. The van der Waals surface area contributed by atoms with Crippen molar-refractivity contribution in [1.29, 1.82) is 0 Å². The maximum Gasteiger partial charge on any atom is 0.270 e. The zero-order valence-electron chi connectivity index (χ0n) is 12.0. The molecule has 0 fully saturated rings. The summed E-state index contributed by atoms with van der Waals surface area (Å²) in [6, 6.07) is 9.53. The third kappa shape index (κ3) is 2.63. The second-order valence-corrected chi connectivity index (χ2v) is 4.98. The number of rotatable bonds is 3. The van der Waals surface area contributed by atoms with Crippen LogP contribution < -0.4 is 5.32 Å². The van der Waals surface area contributed by atoms with Gasteiger partial charge in [0, 0.05) is 12.4 Å². The van der Waals surface area contributed by atoms with Gasteiger partial charge in [-0.25, -0.2) is 4.98 Å². The van der Waals surface area contributed by atoms with Crippen LogP contribution in [0.2, 0.25) is 0 Å². The normalized spacial score (nSPS) is 10.8. The van der Waals surface area contributed by atoms with E-state index >= 15 is 0 Å². The van der Waals surface area contributed by atoms with E-state index in [-0.39, 0.29) is 5.91 Å². The number of fused-ring (bicyclic) bond motifs is 1. The quantitative estimate of drug-likeness (QED) is 0.800. The van der Waals surface area contributed by atoms with Crippen molar-refractivity contribution >= 4 is 11.6 Å². The van der Waals surface area contributed by atoms with Crippen LogP contribution in [0.15, 0.2) is 42.7 Å². The lowest BCUT2D eigenvalue weighted by Crippen LogP contribution is -2.25. The smallest absolute Gasteiger partial charge is 0.270 e. The van der Waals surface area contributed by atoms with Crippen molar-refractivity contribution in [3.05, 3.63) is 65.4 Å². The maximum absolute atomic E-state index is 12.4. The van der Waals surface area contributed by atoms with Gasteiger partial charge in [0.2, 0.25) is 0 Å². The lowest BCUT2D eigenvalue weighted by atomic mass is 10.3. The topological polar surface area (TPSA) is 59.3 Å². The van der Waals surface area contributed by atoms with Gasteiger partial charge < -0.3 is 5.32 Å². The molecule has 21 heavy (non-hydrogen) atoms. The zero-order valence-corrected chi connectivity index (χ0v) is 12.0. The van der Waals surface area contributed by atoms with Crippen LogP contribution >= 0.6 is 0 Å². The number of nitrogens with zero attached hydrogens (tertiary/aromatic N) is 3. The summed E-state index contributed by atoms with van der Waals surface area (Å²) in [6.07, 6.45) is 3.63. The summed E-state index contributed by atoms with van der Waals surface area (Å²) in [4.78, 5) is 21.0. The zero-order chi connectivity index (χ0) is 14.8. The molecule has 0 aromatic carbocycles. The summed E-state index contributed by atoms with van der Waals surface area (Å²) in [5, 5.41) is 2.89. The molecule has 0 bridgehead atoms. The Kier molecular flexibility index (Phi) is 3.39. The van der Waals surface area contributed by atoms with Gasteiger partial charge >= 0.3 is 0 Å². The molecule has 5 nitrogen and oxygen atoms in total. The number of nitrogens with one attached hydrogen (secondary N) is 1. The molecule has 3 rings (SSSR count). The van der Waals surface area contributed by atoms with Crippen molar-refractivity contribution < 1.29 is 4.79 Å². The van der Waals surface area contributed by atoms with Gasteiger partial charge in [-0.15, -0.1) is 0 Å². The van der Waals surface area contributed by atoms with E-state index in [1.54, 1.807) is 6.20 Å². The van der Waals surface area contributed by atoms with Crippen LogP contribution in [-0.2, 0) is 6.54 Å². The predicted molar refractivity (Wildman–Crippen MR) is 80.1 cm³/mol. The number of hydrogen-bond acceptors (Lipinski definition) is 3. The molecule has 1 N–H and O–H groups in total. The highest BCUT2D eigenvalue weighted by Gasteiger charge is 2.16. The van der Waals surface area contributed by atoms with Crippen molar-refractivity contribution in [2.45, 2.75) is 20.4 Å². The van der Waals surface area contributed by atoms with Gasteiger partial charge in [-0.2, -0.15) is 0 Å². The maximum atomic E-state index is 12.4. The molecule has 1 amide bonds. The fourth-order valence-corrected chi connectivity index (χ4v) is 2.30. The minimum Gasteiger partial charge on any atom is -0.345 e. The SMILES string of the molecule is Cc1ccc2nc(C)c(C(=O)NCc3ccccn3)n2c1. The van der Waals surface area contributed by atoms with Gasteiger partial charge in [-0.05, 0) is 37.6 Å². The van der Waals surface area contributed by atoms with Crippen molar-refractivity contribution in [3.63, 3.8) is 0 Å². The van der Waals surface area contributed by atoms with E-state index in [1.165, 1.54) is 0 Å².